The van der Waals surface area contributed by atoms with Crippen LogP contribution in [-0.2, 0) is 17.9 Å². The molecule has 0 spiro atoms. The van der Waals surface area contributed by atoms with Gasteiger partial charge in [-0.05, 0) is 70.9 Å². The molecular formula is C25H18ClNO5S. The number of nitrogens with zero attached hydrogens (tertiary/aromatic N) is 1. The summed E-state index contributed by atoms with van der Waals surface area (Å²) in [5.41, 5.74) is 2.62. The lowest BCUT2D eigenvalue weighted by Crippen LogP contribution is -2.27. The molecule has 33 heavy (non-hydrogen) atoms. The lowest BCUT2D eigenvalue weighted by Gasteiger charge is -2.12. The number of hydrogen-bond donors (Lipinski definition) is 0. The molecule has 2 heterocycles. The van der Waals surface area contributed by atoms with Crippen LogP contribution in [0.4, 0.5) is 4.79 Å². The maximum Gasteiger partial charge on any atom is 0.293 e. The number of carbonyl (C=O) groups is 2. The van der Waals surface area contributed by atoms with Crippen LogP contribution in [0.1, 0.15) is 16.7 Å². The molecule has 0 saturated carbocycles. The lowest BCUT2D eigenvalue weighted by molar-refractivity contribution is -0.123. The number of imide groups is 1. The molecule has 6 nitrogen and oxygen atoms in total. The third-order valence-electron chi connectivity index (χ3n) is 5.15. The van der Waals surface area contributed by atoms with Gasteiger partial charge in [0.05, 0.1) is 11.4 Å². The molecule has 0 aromatic heterocycles. The third-order valence-corrected chi connectivity index (χ3v) is 6.31. The first kappa shape index (κ1) is 21.4. The number of ether oxygens (including phenoxy) is 3. The van der Waals surface area contributed by atoms with Crippen LogP contribution in [0.15, 0.2) is 71.6 Å². The van der Waals surface area contributed by atoms with Crippen LogP contribution in [0.3, 0.4) is 0 Å². The number of carbonyl (C=O) groups excluding carboxylic acids is 2. The number of fused-ring (bicyclic) bond motifs is 1. The van der Waals surface area contributed by atoms with E-state index in [0.29, 0.717) is 22.3 Å². The summed E-state index contributed by atoms with van der Waals surface area (Å²) in [5, 5.41) is 0.320. The van der Waals surface area contributed by atoms with Gasteiger partial charge in [-0.15, -0.1) is 0 Å². The van der Waals surface area contributed by atoms with Crippen molar-refractivity contribution in [1.82, 2.24) is 4.90 Å². The van der Waals surface area contributed by atoms with Crippen molar-refractivity contribution in [3.63, 3.8) is 0 Å². The van der Waals surface area contributed by atoms with Crippen LogP contribution in [0.5, 0.6) is 17.2 Å². The molecule has 3 aromatic carbocycles. The fourth-order valence-corrected chi connectivity index (χ4v) is 4.38. The first-order chi connectivity index (χ1) is 16.0. The van der Waals surface area contributed by atoms with E-state index in [0.717, 1.165) is 40.0 Å². The van der Waals surface area contributed by atoms with Gasteiger partial charge >= 0.3 is 0 Å². The molecule has 3 aromatic rings. The summed E-state index contributed by atoms with van der Waals surface area (Å²) in [6, 6.07) is 20.1. The van der Waals surface area contributed by atoms with E-state index in [1.807, 2.05) is 42.5 Å². The Labute approximate surface area is 199 Å². The van der Waals surface area contributed by atoms with Crippen molar-refractivity contribution in [3.8, 4) is 17.2 Å². The van der Waals surface area contributed by atoms with E-state index in [-0.39, 0.29) is 24.5 Å². The first-order valence-corrected chi connectivity index (χ1v) is 11.4. The van der Waals surface area contributed by atoms with Crippen LogP contribution in [0, 0.1) is 0 Å². The van der Waals surface area contributed by atoms with E-state index in [1.54, 1.807) is 30.3 Å². The van der Waals surface area contributed by atoms with E-state index in [1.165, 1.54) is 4.90 Å². The normalized spacial score (nSPS) is 16.0. The molecule has 1 saturated heterocycles. The molecule has 2 aliphatic rings. The quantitative estimate of drug-likeness (QED) is 0.411. The van der Waals surface area contributed by atoms with Gasteiger partial charge in [-0.3, -0.25) is 14.5 Å². The zero-order chi connectivity index (χ0) is 22.8. The molecule has 0 aliphatic carbocycles. The molecular weight excluding hydrogens is 462 g/mol. The summed E-state index contributed by atoms with van der Waals surface area (Å²) < 4.78 is 16.5. The fourth-order valence-electron chi connectivity index (χ4n) is 3.42. The summed E-state index contributed by atoms with van der Waals surface area (Å²) >= 11 is 6.84. The number of thioether (sulfide) groups is 1. The van der Waals surface area contributed by atoms with E-state index < -0.39 is 0 Å². The molecule has 0 unspecified atom stereocenters. The van der Waals surface area contributed by atoms with Crippen molar-refractivity contribution in [2.24, 2.45) is 0 Å². The smallest absolute Gasteiger partial charge is 0.293 e. The highest BCUT2D eigenvalue weighted by Gasteiger charge is 2.34. The van der Waals surface area contributed by atoms with Crippen LogP contribution in [-0.4, -0.2) is 22.8 Å². The van der Waals surface area contributed by atoms with E-state index in [2.05, 4.69) is 0 Å². The Morgan fingerprint density at radius 2 is 1.67 bits per heavy atom. The Kier molecular flexibility index (Phi) is 5.98. The van der Waals surface area contributed by atoms with Gasteiger partial charge in [0.2, 0.25) is 6.79 Å². The van der Waals surface area contributed by atoms with Gasteiger partial charge in [-0.1, -0.05) is 41.9 Å². The summed E-state index contributed by atoms with van der Waals surface area (Å²) in [5.74, 6) is 1.85. The van der Waals surface area contributed by atoms with Crippen molar-refractivity contribution in [3.05, 3.63) is 93.3 Å². The number of rotatable bonds is 6. The lowest BCUT2D eigenvalue weighted by atomic mass is 10.2. The highest BCUT2D eigenvalue weighted by molar-refractivity contribution is 8.18. The van der Waals surface area contributed by atoms with Gasteiger partial charge in [0.25, 0.3) is 11.1 Å². The minimum atomic E-state index is -0.303. The van der Waals surface area contributed by atoms with Gasteiger partial charge in [0, 0.05) is 5.02 Å². The molecule has 0 atom stereocenters. The van der Waals surface area contributed by atoms with Crippen molar-refractivity contribution in [2.45, 2.75) is 13.2 Å². The summed E-state index contributed by atoms with van der Waals surface area (Å²) in [6.45, 7) is 0.841. The minimum absolute atomic E-state index is 0.214. The Morgan fingerprint density at radius 3 is 2.45 bits per heavy atom. The monoisotopic (exact) mass is 479 g/mol. The number of hydrogen-bond acceptors (Lipinski definition) is 6. The van der Waals surface area contributed by atoms with Crippen molar-refractivity contribution in [2.75, 3.05) is 6.79 Å². The predicted octanol–water partition coefficient (Wildman–Crippen LogP) is 5.88. The van der Waals surface area contributed by atoms with Gasteiger partial charge in [-0.2, -0.15) is 0 Å². The highest BCUT2D eigenvalue weighted by atomic mass is 35.5. The average molecular weight is 480 g/mol. The summed E-state index contributed by atoms with van der Waals surface area (Å²) in [7, 11) is 0. The Hall–Kier alpha value is -3.42. The van der Waals surface area contributed by atoms with Crippen molar-refractivity contribution in [1.29, 1.82) is 0 Å². The van der Waals surface area contributed by atoms with Crippen molar-refractivity contribution >= 4 is 40.6 Å². The number of halogens is 1. The topological polar surface area (TPSA) is 65.1 Å². The zero-order valence-corrected chi connectivity index (χ0v) is 18.9. The molecule has 2 amide bonds. The molecule has 0 radical (unpaired) electrons. The van der Waals surface area contributed by atoms with Gasteiger partial charge in [0.15, 0.2) is 11.5 Å². The summed E-state index contributed by atoms with van der Waals surface area (Å²) in [6.07, 6.45) is 1.72. The van der Waals surface area contributed by atoms with Crippen LogP contribution in [0.25, 0.3) is 6.08 Å². The zero-order valence-electron chi connectivity index (χ0n) is 17.3. The molecule has 166 valence electrons. The molecule has 0 bridgehead atoms. The molecule has 1 fully saturated rings. The highest BCUT2D eigenvalue weighted by Crippen LogP contribution is 2.34. The van der Waals surface area contributed by atoms with Gasteiger partial charge < -0.3 is 14.2 Å². The third kappa shape index (κ3) is 4.84. The van der Waals surface area contributed by atoms with E-state index in [9.17, 15) is 9.59 Å². The molecule has 5 rings (SSSR count). The molecule has 0 N–H and O–H groups in total. The van der Waals surface area contributed by atoms with Crippen LogP contribution < -0.4 is 14.2 Å². The largest absolute Gasteiger partial charge is 0.489 e. The van der Waals surface area contributed by atoms with Crippen molar-refractivity contribution < 1.29 is 23.8 Å². The van der Waals surface area contributed by atoms with Crippen LogP contribution in [0.2, 0.25) is 5.02 Å². The molecule has 2 aliphatic heterocycles. The summed E-state index contributed by atoms with van der Waals surface area (Å²) in [4.78, 5) is 26.7. The Morgan fingerprint density at radius 1 is 0.939 bits per heavy atom. The maximum atomic E-state index is 12.7. The second-order valence-electron chi connectivity index (χ2n) is 7.44. The second-order valence-corrected chi connectivity index (χ2v) is 8.87. The predicted molar refractivity (Wildman–Crippen MR) is 126 cm³/mol. The van der Waals surface area contributed by atoms with E-state index >= 15 is 0 Å². The number of amides is 2. The van der Waals surface area contributed by atoms with E-state index in [4.69, 9.17) is 25.8 Å². The standard InChI is InChI=1S/C25H18ClNO5S/c26-19-6-1-17(2-7-19)13-27-24(28)23(33-25(27)29)12-16-3-8-20(9-4-16)30-14-18-5-10-21-22(11-18)32-15-31-21/h1-12H,13-15H2/b23-12-. The number of benzene rings is 3. The minimum Gasteiger partial charge on any atom is -0.489 e. The fraction of sp³-hybridized carbons (Fsp3) is 0.120. The van der Waals surface area contributed by atoms with Gasteiger partial charge in [0.1, 0.15) is 12.4 Å². The van der Waals surface area contributed by atoms with Gasteiger partial charge in [-0.25, -0.2) is 0 Å². The first-order valence-electron chi connectivity index (χ1n) is 10.2. The maximum absolute atomic E-state index is 12.7. The average Bonchev–Trinajstić information content (AvgIpc) is 3.39. The Bertz CT molecular complexity index is 1240. The Balaban J connectivity index is 1.22. The SMILES string of the molecule is O=C1S/C(=C\c2ccc(OCc3ccc4c(c3)OCO4)cc2)C(=O)N1Cc1ccc(Cl)cc1. The van der Waals surface area contributed by atoms with Crippen LogP contribution >= 0.6 is 23.4 Å². The second kappa shape index (κ2) is 9.21. The molecule has 8 heteroatoms.